The van der Waals surface area contributed by atoms with Crippen molar-refractivity contribution in [3.8, 4) is 22.1 Å². The Morgan fingerprint density at radius 1 is 1.20 bits per heavy atom. The van der Waals surface area contributed by atoms with Crippen molar-refractivity contribution >= 4 is 40.6 Å². The summed E-state index contributed by atoms with van der Waals surface area (Å²) in [5.41, 5.74) is 2.77. The fourth-order valence-corrected chi connectivity index (χ4v) is 5.52. The third-order valence-electron chi connectivity index (χ3n) is 4.87. The van der Waals surface area contributed by atoms with Gasteiger partial charge >= 0.3 is 0 Å². The number of halogens is 1. The molecule has 156 valence electrons. The minimum atomic E-state index is -0.0398. The van der Waals surface area contributed by atoms with Crippen LogP contribution in [0.4, 0.5) is 0 Å². The van der Waals surface area contributed by atoms with Crippen molar-refractivity contribution in [3.63, 3.8) is 0 Å². The number of thioether (sulfide) groups is 1. The molecule has 5 nitrogen and oxygen atoms in total. The van der Waals surface area contributed by atoms with Gasteiger partial charge in [-0.05, 0) is 48.4 Å². The fraction of sp³-hybridized carbons (Fsp3) is 0.273. The molecule has 3 aromatic rings. The predicted molar refractivity (Wildman–Crippen MR) is 122 cm³/mol. The van der Waals surface area contributed by atoms with Crippen molar-refractivity contribution in [1.29, 1.82) is 0 Å². The van der Waals surface area contributed by atoms with Crippen LogP contribution in [0.15, 0.2) is 46.7 Å². The number of carbonyl (C=O) groups excluding carboxylic acids is 1. The van der Waals surface area contributed by atoms with Crippen LogP contribution in [0.1, 0.15) is 23.7 Å². The number of carbonyl (C=O) groups is 1. The molecular formula is C22H21ClN2O3S2. The van der Waals surface area contributed by atoms with Crippen molar-refractivity contribution in [2.75, 3.05) is 20.0 Å². The Kier molecular flexibility index (Phi) is 6.51. The summed E-state index contributed by atoms with van der Waals surface area (Å²) in [5.74, 6) is 2.25. The van der Waals surface area contributed by atoms with E-state index in [-0.39, 0.29) is 18.4 Å². The van der Waals surface area contributed by atoms with Crippen LogP contribution in [0, 0.1) is 0 Å². The lowest BCUT2D eigenvalue weighted by Crippen LogP contribution is -2.31. The molecule has 1 amide bonds. The number of amides is 1. The summed E-state index contributed by atoms with van der Waals surface area (Å²) < 4.78 is 10.7. The number of thiazole rings is 1. The zero-order chi connectivity index (χ0) is 21.1. The highest BCUT2D eigenvalue weighted by atomic mass is 35.5. The first kappa shape index (κ1) is 21.0. The second-order valence-electron chi connectivity index (χ2n) is 6.83. The summed E-state index contributed by atoms with van der Waals surface area (Å²) in [7, 11) is 3.21. The van der Waals surface area contributed by atoms with Gasteiger partial charge in [0.25, 0.3) is 0 Å². The third kappa shape index (κ3) is 4.58. The van der Waals surface area contributed by atoms with Crippen LogP contribution in [-0.4, -0.2) is 30.9 Å². The number of aromatic nitrogens is 1. The third-order valence-corrected chi connectivity index (χ3v) is 7.17. The number of fused-ring (bicyclic) bond motifs is 1. The maximum absolute atomic E-state index is 12.7. The van der Waals surface area contributed by atoms with Crippen molar-refractivity contribution in [1.82, 2.24) is 10.3 Å². The molecule has 2 heterocycles. The highest BCUT2D eigenvalue weighted by Crippen LogP contribution is 2.38. The lowest BCUT2D eigenvalue weighted by molar-refractivity contribution is -0.121. The molecule has 30 heavy (non-hydrogen) atoms. The largest absolute Gasteiger partial charge is 0.493 e. The number of hydrogen-bond donors (Lipinski definition) is 1. The first-order chi connectivity index (χ1) is 14.6. The second-order valence-corrected chi connectivity index (χ2v) is 9.26. The molecule has 0 radical (unpaired) electrons. The monoisotopic (exact) mass is 460 g/mol. The summed E-state index contributed by atoms with van der Waals surface area (Å²) in [4.78, 5) is 18.5. The van der Waals surface area contributed by atoms with E-state index in [0.29, 0.717) is 16.5 Å². The molecular weight excluding hydrogens is 440 g/mol. The SMILES string of the molecule is COc1ccc(-c2nc(CC(=O)NC3CCSc4ccc(Cl)cc43)cs2)cc1OC. The summed E-state index contributed by atoms with van der Waals surface area (Å²) in [6.07, 6.45) is 1.13. The zero-order valence-electron chi connectivity index (χ0n) is 16.6. The van der Waals surface area contributed by atoms with Gasteiger partial charge < -0.3 is 14.8 Å². The summed E-state index contributed by atoms with van der Waals surface area (Å²) in [5, 5.41) is 6.60. The molecule has 4 rings (SSSR count). The summed E-state index contributed by atoms with van der Waals surface area (Å²) >= 11 is 9.47. The van der Waals surface area contributed by atoms with Crippen LogP contribution in [0.25, 0.3) is 10.6 Å². The molecule has 2 aromatic carbocycles. The number of benzene rings is 2. The number of nitrogens with one attached hydrogen (secondary N) is 1. The molecule has 1 unspecified atom stereocenters. The van der Waals surface area contributed by atoms with Gasteiger partial charge in [0, 0.05) is 26.6 Å². The lowest BCUT2D eigenvalue weighted by atomic mass is 10.0. The lowest BCUT2D eigenvalue weighted by Gasteiger charge is -2.26. The standard InChI is InChI=1S/C22H21ClN2O3S2/c1-27-18-5-3-13(9-19(18)28-2)22-24-15(12-30-22)11-21(26)25-17-7-8-29-20-6-4-14(23)10-16(17)20/h3-6,9-10,12,17H,7-8,11H2,1-2H3,(H,25,26). The van der Waals surface area contributed by atoms with Gasteiger partial charge in [-0.1, -0.05) is 11.6 Å². The number of methoxy groups -OCH3 is 2. The second kappa shape index (κ2) is 9.29. The minimum absolute atomic E-state index is 0.0172. The van der Waals surface area contributed by atoms with Crippen LogP contribution in [-0.2, 0) is 11.2 Å². The number of rotatable bonds is 6. The first-order valence-electron chi connectivity index (χ1n) is 9.46. The quantitative estimate of drug-likeness (QED) is 0.535. The topological polar surface area (TPSA) is 60.5 Å². The van der Waals surface area contributed by atoms with E-state index in [1.807, 2.05) is 41.8 Å². The van der Waals surface area contributed by atoms with Crippen LogP contribution in [0.3, 0.4) is 0 Å². The van der Waals surface area contributed by atoms with Crippen LogP contribution >= 0.6 is 34.7 Å². The highest BCUT2D eigenvalue weighted by Gasteiger charge is 2.23. The minimum Gasteiger partial charge on any atom is -0.493 e. The Balaban J connectivity index is 1.45. The Hall–Kier alpha value is -2.22. The van der Waals surface area contributed by atoms with Crippen molar-refractivity contribution in [3.05, 3.63) is 58.1 Å². The maximum Gasteiger partial charge on any atom is 0.226 e. The van der Waals surface area contributed by atoms with E-state index in [1.54, 1.807) is 26.0 Å². The van der Waals surface area contributed by atoms with E-state index < -0.39 is 0 Å². The maximum atomic E-state index is 12.7. The number of ether oxygens (including phenoxy) is 2. The number of nitrogens with zero attached hydrogens (tertiary/aromatic N) is 1. The molecule has 0 saturated carbocycles. The molecule has 1 aliphatic heterocycles. The van der Waals surface area contributed by atoms with Crippen LogP contribution < -0.4 is 14.8 Å². The van der Waals surface area contributed by atoms with Crippen LogP contribution in [0.2, 0.25) is 5.02 Å². The molecule has 0 bridgehead atoms. The predicted octanol–water partition coefficient (Wildman–Crippen LogP) is 5.38. The van der Waals surface area contributed by atoms with E-state index in [4.69, 9.17) is 21.1 Å². The van der Waals surface area contributed by atoms with Gasteiger partial charge in [-0.15, -0.1) is 23.1 Å². The van der Waals surface area contributed by atoms with Gasteiger partial charge in [0.2, 0.25) is 5.91 Å². The first-order valence-corrected chi connectivity index (χ1v) is 11.7. The smallest absolute Gasteiger partial charge is 0.226 e. The molecule has 0 aliphatic carbocycles. The van der Waals surface area contributed by atoms with Gasteiger partial charge in [0.1, 0.15) is 5.01 Å². The van der Waals surface area contributed by atoms with E-state index in [2.05, 4.69) is 10.3 Å². The molecule has 0 spiro atoms. The van der Waals surface area contributed by atoms with Gasteiger partial charge in [0.15, 0.2) is 11.5 Å². The molecule has 0 fully saturated rings. The van der Waals surface area contributed by atoms with E-state index in [1.165, 1.54) is 16.2 Å². The van der Waals surface area contributed by atoms with E-state index in [9.17, 15) is 4.79 Å². The van der Waals surface area contributed by atoms with Crippen molar-refractivity contribution in [2.45, 2.75) is 23.8 Å². The average Bonchev–Trinajstić information content (AvgIpc) is 3.22. The van der Waals surface area contributed by atoms with Crippen LogP contribution in [0.5, 0.6) is 11.5 Å². The fourth-order valence-electron chi connectivity index (χ4n) is 3.42. The van der Waals surface area contributed by atoms with Crippen molar-refractivity contribution in [2.24, 2.45) is 0 Å². The Morgan fingerprint density at radius 2 is 2.03 bits per heavy atom. The molecule has 1 N–H and O–H groups in total. The van der Waals surface area contributed by atoms with E-state index >= 15 is 0 Å². The van der Waals surface area contributed by atoms with E-state index in [0.717, 1.165) is 34.0 Å². The highest BCUT2D eigenvalue weighted by molar-refractivity contribution is 7.99. The number of hydrogen-bond acceptors (Lipinski definition) is 6. The van der Waals surface area contributed by atoms with Crippen molar-refractivity contribution < 1.29 is 14.3 Å². The normalized spacial score (nSPS) is 15.4. The van der Waals surface area contributed by atoms with Gasteiger partial charge in [-0.3, -0.25) is 4.79 Å². The Morgan fingerprint density at radius 3 is 2.83 bits per heavy atom. The van der Waals surface area contributed by atoms with Gasteiger partial charge in [0.05, 0.1) is 32.4 Å². The molecule has 1 aromatic heterocycles. The molecule has 0 saturated heterocycles. The Labute approximate surface area is 188 Å². The molecule has 1 aliphatic rings. The summed E-state index contributed by atoms with van der Waals surface area (Å²) in [6.45, 7) is 0. The molecule has 1 atom stereocenters. The molecule has 8 heteroatoms. The Bertz CT molecular complexity index is 1070. The zero-order valence-corrected chi connectivity index (χ0v) is 19.0. The van der Waals surface area contributed by atoms with Gasteiger partial charge in [-0.25, -0.2) is 4.98 Å². The van der Waals surface area contributed by atoms with Gasteiger partial charge in [-0.2, -0.15) is 0 Å². The summed E-state index contributed by atoms with van der Waals surface area (Å²) in [6, 6.07) is 11.5. The average molecular weight is 461 g/mol.